The van der Waals surface area contributed by atoms with Crippen molar-refractivity contribution < 1.29 is 0 Å². The van der Waals surface area contributed by atoms with E-state index in [9.17, 15) is 0 Å². The molecule has 0 fully saturated rings. The van der Waals surface area contributed by atoms with Crippen LogP contribution in [0, 0.1) is 0 Å². The van der Waals surface area contributed by atoms with Gasteiger partial charge in [0.15, 0.2) is 0 Å². The first kappa shape index (κ1) is 30.4. The van der Waals surface area contributed by atoms with Gasteiger partial charge in [-0.05, 0) is 121 Å². The molecule has 52 heavy (non-hydrogen) atoms. The van der Waals surface area contributed by atoms with Crippen LogP contribution in [-0.2, 0) is 5.41 Å². The molecule has 1 aliphatic carbocycles. The molecule has 0 N–H and O–H groups in total. The Morgan fingerprint density at radius 1 is 0.327 bits per heavy atom. The molecule has 0 aliphatic heterocycles. The standard InChI is InChI=1S/C51H37N/c1-51(2)47-21-13-12-20-43(47)44-32-46-45-31-38(41-29-39(35-16-8-4-9-17-35)28-40(30-41)36-18-10-5-11-19-36)24-27-49(45)52(50(46)33-48(44)51)42-25-22-37(23-26-42)34-14-6-3-7-15-34/h3-33H,1-2H3. The Morgan fingerprint density at radius 2 is 0.808 bits per heavy atom. The molecule has 246 valence electrons. The lowest BCUT2D eigenvalue weighted by Crippen LogP contribution is -2.14. The first-order valence-corrected chi connectivity index (χ1v) is 18.2. The summed E-state index contributed by atoms with van der Waals surface area (Å²) in [5, 5.41) is 2.54. The van der Waals surface area contributed by atoms with Crippen LogP contribution in [0.5, 0.6) is 0 Å². The molecule has 0 atom stereocenters. The van der Waals surface area contributed by atoms with Crippen LogP contribution in [0.3, 0.4) is 0 Å². The summed E-state index contributed by atoms with van der Waals surface area (Å²) < 4.78 is 2.47. The predicted octanol–water partition coefficient (Wildman–Crippen LogP) is 13.8. The van der Waals surface area contributed by atoms with E-state index in [1.165, 1.54) is 88.6 Å². The van der Waals surface area contributed by atoms with Gasteiger partial charge in [-0.1, -0.05) is 147 Å². The van der Waals surface area contributed by atoms with Gasteiger partial charge < -0.3 is 4.57 Å². The molecule has 0 unspecified atom stereocenters. The van der Waals surface area contributed by atoms with Gasteiger partial charge in [0, 0.05) is 21.9 Å². The highest BCUT2D eigenvalue weighted by Gasteiger charge is 2.36. The molecule has 1 nitrogen and oxygen atoms in total. The lowest BCUT2D eigenvalue weighted by Gasteiger charge is -2.21. The monoisotopic (exact) mass is 663 g/mol. The molecule has 1 heteroatoms. The highest BCUT2D eigenvalue weighted by atomic mass is 15.0. The Bertz CT molecular complexity index is 2710. The second-order valence-electron chi connectivity index (χ2n) is 14.6. The van der Waals surface area contributed by atoms with Crippen molar-refractivity contribution in [3.63, 3.8) is 0 Å². The average molecular weight is 664 g/mol. The van der Waals surface area contributed by atoms with E-state index in [0.717, 1.165) is 5.69 Å². The zero-order valence-electron chi connectivity index (χ0n) is 29.3. The fraction of sp³-hybridized carbons (Fsp3) is 0.0588. The third kappa shape index (κ3) is 4.85. The van der Waals surface area contributed by atoms with E-state index in [1.807, 2.05) is 0 Å². The maximum Gasteiger partial charge on any atom is 0.0544 e. The summed E-state index contributed by atoms with van der Waals surface area (Å²) >= 11 is 0. The Hall–Kier alpha value is -6.44. The number of benzene rings is 8. The quantitative estimate of drug-likeness (QED) is 0.173. The van der Waals surface area contributed by atoms with Gasteiger partial charge in [-0.25, -0.2) is 0 Å². The minimum atomic E-state index is -0.0879. The van der Waals surface area contributed by atoms with E-state index in [1.54, 1.807) is 0 Å². The molecule has 10 rings (SSSR count). The van der Waals surface area contributed by atoms with Gasteiger partial charge >= 0.3 is 0 Å². The highest BCUT2D eigenvalue weighted by molar-refractivity contribution is 6.13. The maximum absolute atomic E-state index is 2.47. The van der Waals surface area contributed by atoms with E-state index < -0.39 is 0 Å². The van der Waals surface area contributed by atoms with Crippen molar-refractivity contribution in [1.29, 1.82) is 0 Å². The number of nitrogens with zero attached hydrogens (tertiary/aromatic N) is 1. The number of aromatic nitrogens is 1. The first-order chi connectivity index (χ1) is 25.5. The first-order valence-electron chi connectivity index (χ1n) is 18.2. The lowest BCUT2D eigenvalue weighted by molar-refractivity contribution is 0.661. The minimum absolute atomic E-state index is 0.0879. The molecule has 0 saturated heterocycles. The predicted molar refractivity (Wildman–Crippen MR) is 220 cm³/mol. The Labute approximate surface area is 305 Å². The Balaban J connectivity index is 1.21. The van der Waals surface area contributed by atoms with Gasteiger partial charge in [0.05, 0.1) is 11.0 Å². The topological polar surface area (TPSA) is 4.93 Å². The molecular weight excluding hydrogens is 627 g/mol. The second kappa shape index (κ2) is 11.8. The van der Waals surface area contributed by atoms with Crippen molar-refractivity contribution >= 4 is 21.8 Å². The van der Waals surface area contributed by atoms with Crippen molar-refractivity contribution in [3.8, 4) is 61.3 Å². The summed E-state index contributed by atoms with van der Waals surface area (Å²) in [5.41, 5.74) is 18.7. The van der Waals surface area contributed by atoms with Crippen LogP contribution in [0.25, 0.3) is 83.1 Å². The summed E-state index contributed by atoms with van der Waals surface area (Å²) in [5.74, 6) is 0. The van der Waals surface area contributed by atoms with Gasteiger partial charge in [0.25, 0.3) is 0 Å². The van der Waals surface area contributed by atoms with Crippen LogP contribution < -0.4 is 0 Å². The lowest BCUT2D eigenvalue weighted by atomic mass is 9.82. The average Bonchev–Trinajstić information content (AvgIpc) is 3.65. The molecule has 0 spiro atoms. The fourth-order valence-electron chi connectivity index (χ4n) is 8.49. The number of hydrogen-bond donors (Lipinski definition) is 0. The van der Waals surface area contributed by atoms with E-state index in [0.29, 0.717) is 0 Å². The van der Waals surface area contributed by atoms with Crippen LogP contribution >= 0.6 is 0 Å². The van der Waals surface area contributed by atoms with Gasteiger partial charge in [-0.3, -0.25) is 0 Å². The SMILES string of the molecule is CC1(C)c2ccccc2-c2cc3c4cc(-c5cc(-c6ccccc6)cc(-c6ccccc6)c5)ccc4n(-c4ccc(-c5ccccc5)cc4)c3cc21. The largest absolute Gasteiger partial charge is 0.309 e. The van der Waals surface area contributed by atoms with Crippen LogP contribution in [-0.4, -0.2) is 4.57 Å². The van der Waals surface area contributed by atoms with Crippen molar-refractivity contribution in [3.05, 3.63) is 199 Å². The van der Waals surface area contributed by atoms with Gasteiger partial charge in [-0.15, -0.1) is 0 Å². The summed E-state index contributed by atoms with van der Waals surface area (Å²) in [6, 6.07) is 69.1. The normalized spacial score (nSPS) is 13.0. The highest BCUT2D eigenvalue weighted by Crippen LogP contribution is 2.51. The zero-order valence-corrected chi connectivity index (χ0v) is 29.3. The minimum Gasteiger partial charge on any atom is -0.309 e. The Morgan fingerprint density at radius 3 is 1.42 bits per heavy atom. The van der Waals surface area contributed by atoms with E-state index in [2.05, 4.69) is 206 Å². The smallest absolute Gasteiger partial charge is 0.0544 e. The van der Waals surface area contributed by atoms with E-state index >= 15 is 0 Å². The fourth-order valence-corrected chi connectivity index (χ4v) is 8.49. The zero-order chi connectivity index (χ0) is 34.8. The van der Waals surface area contributed by atoms with Crippen LogP contribution in [0.2, 0.25) is 0 Å². The van der Waals surface area contributed by atoms with Crippen LogP contribution in [0.15, 0.2) is 188 Å². The second-order valence-corrected chi connectivity index (χ2v) is 14.6. The summed E-state index contributed by atoms with van der Waals surface area (Å²) in [6.07, 6.45) is 0. The number of rotatable bonds is 5. The van der Waals surface area contributed by atoms with Crippen molar-refractivity contribution in [2.24, 2.45) is 0 Å². The molecular formula is C51H37N. The molecule has 0 saturated carbocycles. The molecule has 1 heterocycles. The summed E-state index contributed by atoms with van der Waals surface area (Å²) in [6.45, 7) is 4.74. The van der Waals surface area contributed by atoms with Gasteiger partial charge in [0.2, 0.25) is 0 Å². The van der Waals surface area contributed by atoms with Crippen molar-refractivity contribution in [2.75, 3.05) is 0 Å². The Kier molecular flexibility index (Phi) is 6.91. The van der Waals surface area contributed by atoms with Gasteiger partial charge in [0.1, 0.15) is 0 Å². The van der Waals surface area contributed by atoms with Crippen LogP contribution in [0.4, 0.5) is 0 Å². The van der Waals surface area contributed by atoms with Crippen molar-refractivity contribution in [1.82, 2.24) is 4.57 Å². The van der Waals surface area contributed by atoms with Gasteiger partial charge in [-0.2, -0.15) is 0 Å². The number of fused-ring (bicyclic) bond motifs is 6. The molecule has 0 radical (unpaired) electrons. The van der Waals surface area contributed by atoms with E-state index in [-0.39, 0.29) is 5.41 Å². The third-order valence-electron chi connectivity index (χ3n) is 11.2. The molecule has 0 bridgehead atoms. The number of hydrogen-bond acceptors (Lipinski definition) is 0. The molecule has 0 amide bonds. The van der Waals surface area contributed by atoms with Crippen LogP contribution in [0.1, 0.15) is 25.0 Å². The van der Waals surface area contributed by atoms with E-state index in [4.69, 9.17) is 0 Å². The summed E-state index contributed by atoms with van der Waals surface area (Å²) in [4.78, 5) is 0. The van der Waals surface area contributed by atoms with Crippen molar-refractivity contribution in [2.45, 2.75) is 19.3 Å². The molecule has 1 aromatic heterocycles. The summed E-state index contributed by atoms with van der Waals surface area (Å²) in [7, 11) is 0. The maximum atomic E-state index is 2.47. The molecule has 8 aromatic carbocycles. The molecule has 1 aliphatic rings. The third-order valence-corrected chi connectivity index (χ3v) is 11.2. The molecule has 9 aromatic rings.